The largest absolute Gasteiger partial charge is 0.475 e. The third-order valence-corrected chi connectivity index (χ3v) is 4.21. The summed E-state index contributed by atoms with van der Waals surface area (Å²) in [6.07, 6.45) is 4.23. The molecule has 1 aliphatic heterocycles. The van der Waals surface area contributed by atoms with Gasteiger partial charge in [0, 0.05) is 27.8 Å². The highest BCUT2D eigenvalue weighted by Crippen LogP contribution is 1.92. The number of aromatic amines is 2. The third-order valence-electron chi connectivity index (χ3n) is 3.65. The molecule has 212 valence electrons. The maximum absolute atomic E-state index is 10.5. The lowest BCUT2D eigenvalue weighted by atomic mass is 10.7. The molecule has 1 aliphatic rings. The van der Waals surface area contributed by atoms with Crippen LogP contribution < -0.4 is 5.69 Å². The van der Waals surface area contributed by atoms with Crippen molar-refractivity contribution in [2.45, 2.75) is 41.5 Å². The standard InChI is InChI=1S/C4H7N3O.C4H7NO2.2C3H4N2O.C3H4N2S.C2H4N4/c1-3-5-6-4(8)7(3)2;1-4-5-7-3-2-6-4;1-3-5-4-2-6-3;2*1-3-4-2-5-6-3;1-2-3-5-6-4-2/h1-2H3,(H,6,8);2-3H2,1H3;3*2H,1H3;1H3,(H,3,4,5,6). The topological polar surface area (TPSA) is 240 Å². The molecule has 0 amide bonds. The number of nitrogens with zero attached hydrogens (tertiary/aromatic N) is 12. The fourth-order valence-corrected chi connectivity index (χ4v) is 2.05. The van der Waals surface area contributed by atoms with Crippen molar-refractivity contribution in [1.82, 2.24) is 65.1 Å². The summed E-state index contributed by atoms with van der Waals surface area (Å²) in [6, 6.07) is 0. The van der Waals surface area contributed by atoms with Crippen LogP contribution in [0, 0.1) is 34.6 Å². The van der Waals surface area contributed by atoms with Gasteiger partial charge in [0.1, 0.15) is 23.8 Å². The Balaban J connectivity index is 0.000000235. The Labute approximate surface area is 226 Å². The minimum atomic E-state index is -0.164. The molecule has 0 saturated heterocycles. The van der Waals surface area contributed by atoms with Crippen LogP contribution in [0.25, 0.3) is 0 Å². The number of rotatable bonds is 0. The van der Waals surface area contributed by atoms with Crippen molar-refractivity contribution in [3.63, 3.8) is 0 Å². The molecule has 0 unspecified atom stereocenters. The zero-order valence-electron chi connectivity index (χ0n) is 22.5. The summed E-state index contributed by atoms with van der Waals surface area (Å²) in [4.78, 5) is 22.6. The fraction of sp³-hybridized carbons (Fsp3) is 0.474. The van der Waals surface area contributed by atoms with Crippen molar-refractivity contribution in [1.29, 1.82) is 0 Å². The quantitative estimate of drug-likeness (QED) is 0.264. The molecule has 6 heterocycles. The molecule has 0 fully saturated rings. The molecule has 5 aromatic heterocycles. The second-order valence-corrected chi connectivity index (χ2v) is 7.75. The van der Waals surface area contributed by atoms with Gasteiger partial charge < -0.3 is 18.5 Å². The lowest BCUT2D eigenvalue weighted by Crippen LogP contribution is -2.12. The SMILES string of the molecule is CC1=NOCCO1.Cc1n[nH]c(=O)n1C.Cc1ncno1.Cc1ncns1.Cc1nn[nH]n1.Cc1nnco1. The van der Waals surface area contributed by atoms with Gasteiger partial charge in [0.05, 0.1) is 0 Å². The molecule has 2 N–H and O–H groups in total. The normalized spacial score (nSPS) is 10.9. The van der Waals surface area contributed by atoms with Gasteiger partial charge in [0.2, 0.25) is 24.1 Å². The molecular weight excluding hydrogens is 536 g/mol. The number of hydrogen-bond acceptors (Lipinski definition) is 17. The molecule has 0 bridgehead atoms. The van der Waals surface area contributed by atoms with Crippen LogP contribution >= 0.6 is 11.5 Å². The number of oxime groups is 1. The fourth-order valence-electron chi connectivity index (χ4n) is 1.71. The number of H-pyrrole nitrogens is 2. The van der Waals surface area contributed by atoms with Crippen LogP contribution in [0.1, 0.15) is 35.4 Å². The van der Waals surface area contributed by atoms with Gasteiger partial charge in [-0.1, -0.05) is 15.5 Å². The Bertz CT molecular complexity index is 1170. The van der Waals surface area contributed by atoms with E-state index >= 15 is 0 Å². The van der Waals surface area contributed by atoms with Gasteiger partial charge in [-0.25, -0.2) is 14.9 Å². The van der Waals surface area contributed by atoms with Crippen LogP contribution in [0.2, 0.25) is 0 Å². The number of ether oxygens (including phenoxy) is 1. The van der Waals surface area contributed by atoms with E-state index in [1.807, 2.05) is 6.92 Å². The van der Waals surface area contributed by atoms with Gasteiger partial charge in [0.25, 0.3) is 0 Å². The van der Waals surface area contributed by atoms with Crippen LogP contribution in [0.3, 0.4) is 0 Å². The van der Waals surface area contributed by atoms with E-state index in [1.54, 1.807) is 48.0 Å². The molecule has 0 radical (unpaired) electrons. The summed E-state index contributed by atoms with van der Waals surface area (Å²) in [6.45, 7) is 11.9. The maximum atomic E-state index is 10.5. The van der Waals surface area contributed by atoms with Crippen LogP contribution in [0.4, 0.5) is 0 Å². The van der Waals surface area contributed by atoms with E-state index in [2.05, 4.69) is 79.5 Å². The molecule has 0 atom stereocenters. The first kappa shape index (κ1) is 32.1. The first-order valence-corrected chi connectivity index (χ1v) is 11.7. The van der Waals surface area contributed by atoms with Crippen molar-refractivity contribution >= 4 is 17.4 Å². The summed E-state index contributed by atoms with van der Waals surface area (Å²) >= 11 is 1.42. The van der Waals surface area contributed by atoms with E-state index in [0.29, 0.717) is 42.5 Å². The summed E-state index contributed by atoms with van der Waals surface area (Å²) in [7, 11) is 1.67. The average molecular weight is 567 g/mol. The van der Waals surface area contributed by atoms with Gasteiger partial charge in [-0.05, 0) is 32.3 Å². The van der Waals surface area contributed by atoms with Crippen molar-refractivity contribution in [2.75, 3.05) is 13.2 Å². The van der Waals surface area contributed by atoms with E-state index < -0.39 is 0 Å². The molecule has 0 aliphatic carbocycles. The predicted molar refractivity (Wildman–Crippen MR) is 135 cm³/mol. The first-order valence-electron chi connectivity index (χ1n) is 11.0. The highest BCUT2D eigenvalue weighted by Gasteiger charge is 1.97. The van der Waals surface area contributed by atoms with Crippen molar-refractivity contribution in [3.05, 3.63) is 58.0 Å². The third kappa shape index (κ3) is 16.5. The minimum absolute atomic E-state index is 0.164. The summed E-state index contributed by atoms with van der Waals surface area (Å²) in [5, 5.41) is 33.4. The Morgan fingerprint density at radius 1 is 0.974 bits per heavy atom. The van der Waals surface area contributed by atoms with Gasteiger partial charge in [-0.3, -0.25) is 4.57 Å². The lowest BCUT2D eigenvalue weighted by molar-refractivity contribution is 0.0639. The van der Waals surface area contributed by atoms with Crippen LogP contribution in [-0.2, 0) is 16.6 Å². The van der Waals surface area contributed by atoms with Gasteiger partial charge >= 0.3 is 5.69 Å². The highest BCUT2D eigenvalue weighted by atomic mass is 32.1. The molecule has 0 aromatic carbocycles. The molecule has 0 spiro atoms. The Hall–Kier alpha value is -4.88. The summed E-state index contributed by atoms with van der Waals surface area (Å²) in [5.74, 6) is 3.21. The Morgan fingerprint density at radius 3 is 1.95 bits per heavy atom. The molecule has 5 aromatic rings. The molecule has 19 nitrogen and oxygen atoms in total. The smallest absolute Gasteiger partial charge is 0.343 e. The van der Waals surface area contributed by atoms with Crippen LogP contribution in [-0.4, -0.2) is 84.2 Å². The van der Waals surface area contributed by atoms with Crippen molar-refractivity contribution in [3.8, 4) is 0 Å². The van der Waals surface area contributed by atoms with Crippen LogP contribution in [0.15, 0.2) is 37.9 Å². The number of nitrogens with one attached hydrogen (secondary N) is 2. The van der Waals surface area contributed by atoms with E-state index in [4.69, 9.17) is 4.74 Å². The van der Waals surface area contributed by atoms with E-state index in [9.17, 15) is 4.79 Å². The highest BCUT2D eigenvalue weighted by molar-refractivity contribution is 7.05. The Kier molecular flexibility index (Phi) is 15.9. The van der Waals surface area contributed by atoms with E-state index in [-0.39, 0.29) is 5.69 Å². The minimum Gasteiger partial charge on any atom is -0.475 e. The van der Waals surface area contributed by atoms with Gasteiger partial charge in [0.15, 0.2) is 18.8 Å². The number of aryl methyl sites for hydroxylation is 5. The van der Waals surface area contributed by atoms with Gasteiger partial charge in [-0.2, -0.15) is 19.7 Å². The Morgan fingerprint density at radius 2 is 1.77 bits per heavy atom. The number of aromatic nitrogens is 13. The van der Waals surface area contributed by atoms with Gasteiger partial charge in [-0.15, -0.1) is 20.4 Å². The van der Waals surface area contributed by atoms with Crippen LogP contribution in [0.5, 0.6) is 0 Å². The molecule has 6 rings (SSSR count). The van der Waals surface area contributed by atoms with E-state index in [0.717, 1.165) is 5.01 Å². The van der Waals surface area contributed by atoms with Crippen molar-refractivity contribution < 1.29 is 18.5 Å². The molecular formula is C19H30N14O5S. The predicted octanol–water partition coefficient (Wildman–Crippen LogP) is 0.894. The molecule has 20 heteroatoms. The average Bonchev–Trinajstić information content (AvgIpc) is 3.77. The zero-order chi connectivity index (χ0) is 28.9. The molecule has 39 heavy (non-hydrogen) atoms. The second kappa shape index (κ2) is 19.3. The summed E-state index contributed by atoms with van der Waals surface area (Å²) < 4.78 is 19.2. The second-order valence-electron chi connectivity index (χ2n) is 6.76. The maximum Gasteiger partial charge on any atom is 0.343 e. The summed E-state index contributed by atoms with van der Waals surface area (Å²) in [5.41, 5.74) is -0.164. The zero-order valence-corrected chi connectivity index (χ0v) is 23.3. The first-order chi connectivity index (χ1) is 18.7. The monoisotopic (exact) mass is 566 g/mol. The lowest BCUT2D eigenvalue weighted by Gasteiger charge is -2.08. The molecule has 0 saturated carbocycles. The number of hydrogen-bond donors (Lipinski definition) is 2. The number of tetrazole rings is 1. The van der Waals surface area contributed by atoms with Crippen molar-refractivity contribution in [2.24, 2.45) is 12.2 Å². The van der Waals surface area contributed by atoms with E-state index in [1.165, 1.54) is 28.8 Å².